The molecule has 1 aromatic carbocycles. The third-order valence-corrected chi connectivity index (χ3v) is 5.77. The number of amides is 3. The molecule has 10 nitrogen and oxygen atoms in total. The molecule has 2 aromatic heterocycles. The van der Waals surface area contributed by atoms with E-state index < -0.39 is 23.8 Å². The van der Waals surface area contributed by atoms with Crippen molar-refractivity contribution in [3.05, 3.63) is 70.4 Å². The highest BCUT2D eigenvalue weighted by Gasteiger charge is 2.43. The summed E-state index contributed by atoms with van der Waals surface area (Å²) in [6.07, 6.45) is 3.92. The van der Waals surface area contributed by atoms with Crippen LogP contribution in [0.2, 0.25) is 0 Å². The number of nitrogens with zero attached hydrogens (tertiary/aromatic N) is 4. The quantitative estimate of drug-likeness (QED) is 0.565. The maximum Gasteiger partial charge on any atom is 0.290 e. The van der Waals surface area contributed by atoms with Gasteiger partial charge in [0.05, 0.1) is 17.3 Å². The Labute approximate surface area is 189 Å². The molecule has 1 aliphatic rings. The SMILES string of the molecule is CCCn1nc(C(=O)NNC(=O)[C@@H]2CC(=O)N(C)[C@@H]2c2cccnc2)c2ccccc2c1=O. The van der Waals surface area contributed by atoms with Gasteiger partial charge in [-0.1, -0.05) is 31.2 Å². The van der Waals surface area contributed by atoms with E-state index in [0.29, 0.717) is 23.7 Å². The molecule has 1 aliphatic heterocycles. The topological polar surface area (TPSA) is 126 Å². The van der Waals surface area contributed by atoms with E-state index in [1.807, 2.05) is 6.92 Å². The number of likely N-dealkylation sites (tertiary alicyclic amines) is 1. The van der Waals surface area contributed by atoms with E-state index in [1.54, 1.807) is 55.8 Å². The highest BCUT2D eigenvalue weighted by Crippen LogP contribution is 2.36. The maximum absolute atomic E-state index is 12.9. The molecule has 0 bridgehead atoms. The Hall–Kier alpha value is -4.08. The number of rotatable bonds is 5. The Balaban J connectivity index is 1.56. The monoisotopic (exact) mass is 448 g/mol. The van der Waals surface area contributed by atoms with Crippen molar-refractivity contribution < 1.29 is 14.4 Å². The zero-order valence-corrected chi connectivity index (χ0v) is 18.3. The van der Waals surface area contributed by atoms with Gasteiger partial charge in [0, 0.05) is 37.8 Å². The van der Waals surface area contributed by atoms with Crippen LogP contribution in [0.1, 0.15) is 41.9 Å². The van der Waals surface area contributed by atoms with Crippen LogP contribution in [-0.2, 0) is 16.1 Å². The van der Waals surface area contributed by atoms with Crippen molar-refractivity contribution in [2.75, 3.05) is 7.05 Å². The number of carbonyl (C=O) groups is 3. The predicted octanol–water partition coefficient (Wildman–Crippen LogP) is 1.18. The second-order valence-corrected chi connectivity index (χ2v) is 7.91. The number of hydrazine groups is 1. The third-order valence-electron chi connectivity index (χ3n) is 5.77. The highest BCUT2D eigenvalue weighted by atomic mass is 16.2. The van der Waals surface area contributed by atoms with E-state index in [4.69, 9.17) is 0 Å². The molecule has 33 heavy (non-hydrogen) atoms. The van der Waals surface area contributed by atoms with Crippen molar-refractivity contribution >= 4 is 28.5 Å². The average molecular weight is 448 g/mol. The lowest BCUT2D eigenvalue weighted by Crippen LogP contribution is -2.46. The Kier molecular flexibility index (Phi) is 6.16. The molecule has 170 valence electrons. The molecule has 10 heteroatoms. The van der Waals surface area contributed by atoms with Gasteiger partial charge in [-0.15, -0.1) is 0 Å². The van der Waals surface area contributed by atoms with Gasteiger partial charge in [0.25, 0.3) is 11.5 Å². The lowest BCUT2D eigenvalue weighted by atomic mass is 9.94. The van der Waals surface area contributed by atoms with Gasteiger partial charge in [-0.05, 0) is 24.1 Å². The van der Waals surface area contributed by atoms with Crippen LogP contribution < -0.4 is 16.4 Å². The van der Waals surface area contributed by atoms with Crippen LogP contribution in [0.25, 0.3) is 10.8 Å². The molecular weight excluding hydrogens is 424 g/mol. The van der Waals surface area contributed by atoms with Crippen molar-refractivity contribution in [3.63, 3.8) is 0 Å². The summed E-state index contributed by atoms with van der Waals surface area (Å²) in [6, 6.07) is 9.76. The van der Waals surface area contributed by atoms with Crippen molar-refractivity contribution in [1.82, 2.24) is 30.5 Å². The van der Waals surface area contributed by atoms with Gasteiger partial charge in [0.15, 0.2) is 5.69 Å². The molecule has 4 rings (SSSR count). The number of fused-ring (bicyclic) bond motifs is 1. The van der Waals surface area contributed by atoms with Gasteiger partial charge in [-0.25, -0.2) is 4.68 Å². The summed E-state index contributed by atoms with van der Waals surface area (Å²) in [5.41, 5.74) is 5.31. The smallest absolute Gasteiger partial charge is 0.290 e. The third kappa shape index (κ3) is 4.19. The standard InChI is InChI=1S/C23H24N6O4/c1-3-11-29-23(33)16-9-5-4-8-15(16)19(27-29)22(32)26-25-21(31)17-12-18(30)28(2)20(17)14-7-6-10-24-13-14/h4-10,13,17,20H,3,11-12H2,1-2H3,(H,25,31)(H,26,32)/t17-,20-/m1/s1. The maximum atomic E-state index is 12.9. The minimum atomic E-state index is -0.703. The second kappa shape index (κ2) is 9.19. The Morgan fingerprint density at radius 3 is 2.55 bits per heavy atom. The van der Waals surface area contributed by atoms with Crippen LogP contribution in [0.5, 0.6) is 0 Å². The largest absolute Gasteiger partial charge is 0.338 e. The number of pyridine rings is 1. The van der Waals surface area contributed by atoms with Gasteiger partial charge in [0.1, 0.15) is 0 Å². The first kappa shape index (κ1) is 22.1. The van der Waals surface area contributed by atoms with E-state index in [1.165, 1.54) is 9.58 Å². The van der Waals surface area contributed by atoms with Crippen molar-refractivity contribution in [2.45, 2.75) is 32.4 Å². The molecule has 0 aliphatic carbocycles. The van der Waals surface area contributed by atoms with Crippen LogP contribution in [0.4, 0.5) is 0 Å². The molecule has 2 atom stereocenters. The molecule has 1 saturated heterocycles. The van der Waals surface area contributed by atoms with Gasteiger partial charge in [-0.2, -0.15) is 5.10 Å². The molecular formula is C23H24N6O4. The summed E-state index contributed by atoms with van der Waals surface area (Å²) in [7, 11) is 1.64. The van der Waals surface area contributed by atoms with Crippen LogP contribution in [0, 0.1) is 5.92 Å². The molecule has 0 unspecified atom stereocenters. The Morgan fingerprint density at radius 2 is 1.85 bits per heavy atom. The van der Waals surface area contributed by atoms with Gasteiger partial charge in [0.2, 0.25) is 11.8 Å². The van der Waals surface area contributed by atoms with E-state index in [9.17, 15) is 19.2 Å². The number of benzene rings is 1. The fraction of sp³-hybridized carbons (Fsp3) is 0.304. The van der Waals surface area contributed by atoms with E-state index in [-0.39, 0.29) is 23.6 Å². The lowest BCUT2D eigenvalue weighted by molar-refractivity contribution is -0.128. The van der Waals surface area contributed by atoms with Crippen LogP contribution >= 0.6 is 0 Å². The van der Waals surface area contributed by atoms with Crippen molar-refractivity contribution in [1.29, 1.82) is 0 Å². The lowest BCUT2D eigenvalue weighted by Gasteiger charge is -2.24. The summed E-state index contributed by atoms with van der Waals surface area (Å²) >= 11 is 0. The molecule has 0 radical (unpaired) electrons. The number of hydrogen-bond acceptors (Lipinski definition) is 6. The molecule has 3 aromatic rings. The van der Waals surface area contributed by atoms with Gasteiger partial charge >= 0.3 is 0 Å². The second-order valence-electron chi connectivity index (χ2n) is 7.91. The first-order valence-corrected chi connectivity index (χ1v) is 10.7. The van der Waals surface area contributed by atoms with Crippen LogP contribution in [0.15, 0.2) is 53.6 Å². The van der Waals surface area contributed by atoms with E-state index >= 15 is 0 Å². The minimum absolute atomic E-state index is 0.0142. The number of nitrogens with one attached hydrogen (secondary N) is 2. The first-order valence-electron chi connectivity index (χ1n) is 10.7. The molecule has 0 spiro atoms. The summed E-state index contributed by atoms with van der Waals surface area (Å²) in [5, 5.41) is 4.99. The number of aromatic nitrogens is 3. The number of carbonyl (C=O) groups excluding carboxylic acids is 3. The van der Waals surface area contributed by atoms with E-state index in [2.05, 4.69) is 20.9 Å². The van der Waals surface area contributed by atoms with Gasteiger partial charge < -0.3 is 4.90 Å². The summed E-state index contributed by atoms with van der Waals surface area (Å²) in [6.45, 7) is 2.27. The normalized spacial score (nSPS) is 17.9. The van der Waals surface area contributed by atoms with Crippen LogP contribution in [-0.4, -0.2) is 44.4 Å². The Bertz CT molecular complexity index is 1270. The fourth-order valence-corrected chi connectivity index (χ4v) is 4.15. The predicted molar refractivity (Wildman–Crippen MR) is 120 cm³/mol. The van der Waals surface area contributed by atoms with E-state index in [0.717, 1.165) is 5.56 Å². The molecule has 3 amide bonds. The van der Waals surface area contributed by atoms with Gasteiger partial charge in [-0.3, -0.25) is 35.0 Å². The van der Waals surface area contributed by atoms with Crippen molar-refractivity contribution in [2.24, 2.45) is 5.92 Å². The Morgan fingerprint density at radius 1 is 1.09 bits per heavy atom. The summed E-state index contributed by atoms with van der Waals surface area (Å²) < 4.78 is 1.25. The first-order chi connectivity index (χ1) is 15.9. The average Bonchev–Trinajstić information content (AvgIpc) is 3.14. The molecule has 2 N–H and O–H groups in total. The molecule has 3 heterocycles. The fourth-order valence-electron chi connectivity index (χ4n) is 4.15. The zero-order valence-electron chi connectivity index (χ0n) is 18.3. The number of aryl methyl sites for hydroxylation is 1. The number of hydrogen-bond donors (Lipinski definition) is 2. The highest BCUT2D eigenvalue weighted by molar-refractivity contribution is 6.05. The molecule has 0 saturated carbocycles. The van der Waals surface area contributed by atoms with Crippen molar-refractivity contribution in [3.8, 4) is 0 Å². The zero-order chi connectivity index (χ0) is 23.5. The summed E-state index contributed by atoms with van der Waals surface area (Å²) in [4.78, 5) is 56.4. The molecule has 1 fully saturated rings. The summed E-state index contributed by atoms with van der Waals surface area (Å²) in [5.74, 6) is -2.03. The van der Waals surface area contributed by atoms with Crippen LogP contribution in [0.3, 0.4) is 0 Å². The minimum Gasteiger partial charge on any atom is -0.338 e.